The van der Waals surface area contributed by atoms with Gasteiger partial charge in [-0.25, -0.2) is 0 Å². The van der Waals surface area contributed by atoms with Gasteiger partial charge >= 0.3 is 0 Å². The summed E-state index contributed by atoms with van der Waals surface area (Å²) in [7, 11) is 4.13. The van der Waals surface area contributed by atoms with E-state index in [1.807, 2.05) is 0 Å². The van der Waals surface area contributed by atoms with Crippen LogP contribution in [0.3, 0.4) is 0 Å². The number of aryl methyl sites for hydroxylation is 2. The minimum Gasteiger partial charge on any atom is -0.378 e. The average Bonchev–Trinajstić information content (AvgIpc) is 3.04. The van der Waals surface area contributed by atoms with E-state index < -0.39 is 0 Å². The number of nitrogens with one attached hydrogen (secondary N) is 1. The topological polar surface area (TPSA) is 28.2 Å². The van der Waals surface area contributed by atoms with Crippen LogP contribution in [0, 0.1) is 6.92 Å². The van der Waals surface area contributed by atoms with Crippen molar-refractivity contribution in [3.63, 3.8) is 0 Å². The molecule has 3 aromatic rings. The molecule has 0 saturated heterocycles. The summed E-state index contributed by atoms with van der Waals surface area (Å²) in [5.74, 6) is 0. The van der Waals surface area contributed by atoms with Crippen LogP contribution in [0.5, 0.6) is 0 Å². The van der Waals surface area contributed by atoms with E-state index in [-0.39, 0.29) is 12.4 Å². The van der Waals surface area contributed by atoms with Gasteiger partial charge in [0.2, 0.25) is 0 Å². The van der Waals surface area contributed by atoms with Crippen LogP contribution in [0.1, 0.15) is 23.2 Å². The molecule has 4 heteroatoms. The number of hydrogen-bond donors (Lipinski definition) is 1. The minimum absolute atomic E-state index is 0. The third-order valence-corrected chi connectivity index (χ3v) is 4.82. The summed E-state index contributed by atoms with van der Waals surface area (Å²) in [6, 6.07) is 15.1. The van der Waals surface area contributed by atoms with Crippen LogP contribution in [-0.2, 0) is 12.8 Å². The zero-order valence-electron chi connectivity index (χ0n) is 15.0. The van der Waals surface area contributed by atoms with E-state index in [1.54, 1.807) is 0 Å². The van der Waals surface area contributed by atoms with Crippen LogP contribution in [0.25, 0.3) is 10.9 Å². The van der Waals surface area contributed by atoms with Gasteiger partial charge in [0, 0.05) is 36.6 Å². The number of fused-ring (bicyclic) bond motifs is 2. The molecule has 2 aromatic carbocycles. The molecule has 25 heavy (non-hydrogen) atoms. The highest BCUT2D eigenvalue weighted by atomic mass is 35.5. The highest BCUT2D eigenvalue weighted by Crippen LogP contribution is 2.36. The second-order valence-electron chi connectivity index (χ2n) is 6.85. The molecular weight excluding hydrogens is 330 g/mol. The van der Waals surface area contributed by atoms with Gasteiger partial charge in [-0.3, -0.25) is 4.98 Å². The van der Waals surface area contributed by atoms with Crippen molar-refractivity contribution in [3.05, 3.63) is 59.3 Å². The van der Waals surface area contributed by atoms with Crippen LogP contribution in [0.2, 0.25) is 0 Å². The Balaban J connectivity index is 0.00000182. The second kappa shape index (κ2) is 6.93. The number of nitrogens with zero attached hydrogens (tertiary/aromatic N) is 2. The van der Waals surface area contributed by atoms with Crippen LogP contribution in [-0.4, -0.2) is 19.1 Å². The summed E-state index contributed by atoms with van der Waals surface area (Å²) in [6.45, 7) is 2.14. The Labute approximate surface area is 155 Å². The van der Waals surface area contributed by atoms with Gasteiger partial charge in [-0.2, -0.15) is 0 Å². The summed E-state index contributed by atoms with van der Waals surface area (Å²) in [4.78, 5) is 7.01. The summed E-state index contributed by atoms with van der Waals surface area (Å²) in [5, 5.41) is 4.91. The van der Waals surface area contributed by atoms with Gasteiger partial charge in [-0.1, -0.05) is 11.6 Å². The van der Waals surface area contributed by atoms with Crippen molar-refractivity contribution >= 4 is 40.4 Å². The minimum atomic E-state index is 0. The van der Waals surface area contributed by atoms with Crippen LogP contribution in [0.4, 0.5) is 17.1 Å². The Morgan fingerprint density at radius 2 is 1.76 bits per heavy atom. The molecule has 0 fully saturated rings. The molecule has 3 nitrogen and oxygen atoms in total. The van der Waals surface area contributed by atoms with Crippen molar-refractivity contribution in [1.82, 2.24) is 4.98 Å². The lowest BCUT2D eigenvalue weighted by Gasteiger charge is -2.17. The maximum absolute atomic E-state index is 4.89. The molecule has 130 valence electrons. The second-order valence-corrected chi connectivity index (χ2v) is 6.85. The largest absolute Gasteiger partial charge is 0.378 e. The molecule has 4 rings (SSSR count). The van der Waals surface area contributed by atoms with Crippen molar-refractivity contribution in [2.45, 2.75) is 26.2 Å². The van der Waals surface area contributed by atoms with Crippen molar-refractivity contribution < 1.29 is 0 Å². The number of pyridine rings is 1. The smallest absolute Gasteiger partial charge is 0.0726 e. The molecule has 0 radical (unpaired) electrons. The number of rotatable bonds is 3. The molecule has 0 atom stereocenters. The van der Waals surface area contributed by atoms with Crippen molar-refractivity contribution in [3.8, 4) is 0 Å². The first-order chi connectivity index (χ1) is 11.6. The molecule has 0 unspecified atom stereocenters. The molecule has 0 spiro atoms. The van der Waals surface area contributed by atoms with E-state index in [2.05, 4.69) is 73.7 Å². The number of halogens is 1. The standard InChI is InChI=1S/C21H23N3.ClH/c1-14-7-12-20-18(13-14)21(17-5-4-6-19(17)23-20)22-15-8-10-16(11-9-15)24(2)3;/h7-13H,4-6H2,1-3H3,(H,22,23);1H. The molecule has 1 aliphatic rings. The predicted molar refractivity (Wildman–Crippen MR) is 110 cm³/mol. The Bertz CT molecular complexity index is 901. The van der Waals surface area contributed by atoms with Crippen LogP contribution < -0.4 is 10.2 Å². The monoisotopic (exact) mass is 353 g/mol. The van der Waals surface area contributed by atoms with Crippen molar-refractivity contribution in [2.75, 3.05) is 24.3 Å². The van der Waals surface area contributed by atoms with E-state index in [0.717, 1.165) is 24.0 Å². The molecule has 0 bridgehead atoms. The normalized spacial score (nSPS) is 12.6. The zero-order chi connectivity index (χ0) is 16.7. The Hall–Kier alpha value is -2.26. The van der Waals surface area contributed by atoms with Gasteiger partial charge in [-0.05, 0) is 68.1 Å². The van der Waals surface area contributed by atoms with E-state index in [4.69, 9.17) is 4.98 Å². The first-order valence-electron chi connectivity index (χ1n) is 8.58. The van der Waals surface area contributed by atoms with E-state index in [9.17, 15) is 0 Å². The Morgan fingerprint density at radius 1 is 1.00 bits per heavy atom. The Kier molecular flexibility index (Phi) is 4.87. The predicted octanol–water partition coefficient (Wildman–Crippen LogP) is 5.26. The SMILES string of the molecule is Cc1ccc2nc3c(c(Nc4ccc(N(C)C)cc4)c2c1)CCC3.Cl. The summed E-state index contributed by atoms with van der Waals surface area (Å²) in [5.41, 5.74) is 8.60. The molecule has 0 aliphatic heterocycles. The first-order valence-corrected chi connectivity index (χ1v) is 8.58. The van der Waals surface area contributed by atoms with E-state index >= 15 is 0 Å². The van der Waals surface area contributed by atoms with Gasteiger partial charge < -0.3 is 10.2 Å². The van der Waals surface area contributed by atoms with Gasteiger partial charge in [0.1, 0.15) is 0 Å². The maximum atomic E-state index is 4.89. The highest BCUT2D eigenvalue weighted by Gasteiger charge is 2.19. The van der Waals surface area contributed by atoms with E-state index in [1.165, 1.54) is 40.0 Å². The average molecular weight is 354 g/mol. The molecule has 1 aliphatic carbocycles. The molecule has 0 amide bonds. The molecule has 0 saturated carbocycles. The molecule has 1 aromatic heterocycles. The fourth-order valence-corrected chi connectivity index (χ4v) is 3.51. The molecular formula is C21H24ClN3. The third-order valence-electron chi connectivity index (χ3n) is 4.82. The quantitative estimate of drug-likeness (QED) is 0.695. The first kappa shape index (κ1) is 17.6. The highest BCUT2D eigenvalue weighted by molar-refractivity contribution is 5.96. The van der Waals surface area contributed by atoms with Gasteiger partial charge in [-0.15, -0.1) is 12.4 Å². The third kappa shape index (κ3) is 3.29. The molecule has 1 heterocycles. The summed E-state index contributed by atoms with van der Waals surface area (Å²) >= 11 is 0. The van der Waals surface area contributed by atoms with Gasteiger partial charge in [0.05, 0.1) is 11.2 Å². The molecule has 1 N–H and O–H groups in total. The zero-order valence-corrected chi connectivity index (χ0v) is 15.8. The lowest BCUT2D eigenvalue weighted by Crippen LogP contribution is -2.08. The fraction of sp³-hybridized carbons (Fsp3) is 0.286. The number of anilines is 3. The summed E-state index contributed by atoms with van der Waals surface area (Å²) in [6.07, 6.45) is 3.41. The van der Waals surface area contributed by atoms with Gasteiger partial charge in [0.15, 0.2) is 0 Å². The Morgan fingerprint density at radius 3 is 2.48 bits per heavy atom. The number of benzene rings is 2. The van der Waals surface area contributed by atoms with E-state index in [0.29, 0.717) is 0 Å². The fourth-order valence-electron chi connectivity index (χ4n) is 3.51. The van der Waals surface area contributed by atoms with Crippen LogP contribution in [0.15, 0.2) is 42.5 Å². The number of hydrogen-bond acceptors (Lipinski definition) is 3. The lowest BCUT2D eigenvalue weighted by atomic mass is 10.0. The lowest BCUT2D eigenvalue weighted by molar-refractivity contribution is 0.901. The number of aromatic nitrogens is 1. The maximum Gasteiger partial charge on any atom is 0.0726 e. The van der Waals surface area contributed by atoms with Crippen LogP contribution >= 0.6 is 12.4 Å². The van der Waals surface area contributed by atoms with Crippen molar-refractivity contribution in [1.29, 1.82) is 0 Å². The van der Waals surface area contributed by atoms with Gasteiger partial charge in [0.25, 0.3) is 0 Å². The van der Waals surface area contributed by atoms with Crippen molar-refractivity contribution in [2.24, 2.45) is 0 Å². The summed E-state index contributed by atoms with van der Waals surface area (Å²) < 4.78 is 0.